The molecule has 0 radical (unpaired) electrons. The molecule has 0 aliphatic heterocycles. The Morgan fingerprint density at radius 2 is 1.57 bits per heavy atom. The third-order valence-corrected chi connectivity index (χ3v) is 8.55. The highest BCUT2D eigenvalue weighted by Gasteiger charge is 2.23. The Hall–Kier alpha value is -4.69. The summed E-state index contributed by atoms with van der Waals surface area (Å²) < 4.78 is 6.12. The van der Waals surface area contributed by atoms with Crippen LogP contribution in [0.25, 0.3) is 33.7 Å². The van der Waals surface area contributed by atoms with Crippen molar-refractivity contribution in [2.24, 2.45) is 5.92 Å². The Kier molecular flexibility index (Phi) is 7.88. The quantitative estimate of drug-likeness (QED) is 0.218. The van der Waals surface area contributed by atoms with Gasteiger partial charge >= 0.3 is 0 Å². The Morgan fingerprint density at radius 1 is 0.905 bits per heavy atom. The molecule has 1 fully saturated rings. The summed E-state index contributed by atoms with van der Waals surface area (Å²) in [6.45, 7) is 4.84. The van der Waals surface area contributed by atoms with Crippen molar-refractivity contribution >= 4 is 17.0 Å². The number of amides is 1. The number of fused-ring (bicyclic) bond motifs is 1. The third kappa shape index (κ3) is 5.85. The van der Waals surface area contributed by atoms with Crippen LogP contribution in [0.15, 0.2) is 95.4 Å². The van der Waals surface area contributed by atoms with E-state index in [1.54, 1.807) is 6.07 Å². The van der Waals surface area contributed by atoms with Crippen molar-refractivity contribution in [3.63, 3.8) is 0 Å². The Balaban J connectivity index is 1.03. The van der Waals surface area contributed by atoms with Gasteiger partial charge in [-0.1, -0.05) is 68.4 Å². The molecule has 1 N–H and O–H groups in total. The van der Waals surface area contributed by atoms with Gasteiger partial charge in [-0.05, 0) is 96.5 Å². The molecule has 0 spiro atoms. The lowest BCUT2D eigenvalue weighted by Gasteiger charge is -2.29. The summed E-state index contributed by atoms with van der Waals surface area (Å²) in [5.74, 6) is 1.72. The lowest BCUT2D eigenvalue weighted by atomic mass is 9.78. The highest BCUT2D eigenvalue weighted by molar-refractivity contribution is 5.94. The summed E-state index contributed by atoms with van der Waals surface area (Å²) in [6.07, 6.45) is 4.54. The van der Waals surface area contributed by atoms with E-state index in [1.165, 1.54) is 16.7 Å². The summed E-state index contributed by atoms with van der Waals surface area (Å²) in [4.78, 5) is 17.6. The molecule has 1 aliphatic rings. The van der Waals surface area contributed by atoms with Gasteiger partial charge in [-0.25, -0.2) is 4.98 Å². The van der Waals surface area contributed by atoms with E-state index in [4.69, 9.17) is 4.42 Å². The second-order valence-corrected chi connectivity index (χ2v) is 11.7. The molecule has 42 heavy (non-hydrogen) atoms. The van der Waals surface area contributed by atoms with Crippen LogP contribution in [0.5, 0.6) is 0 Å². The van der Waals surface area contributed by atoms with Gasteiger partial charge in [0.25, 0.3) is 5.91 Å². The monoisotopic (exact) mass is 553 g/mol. The summed E-state index contributed by atoms with van der Waals surface area (Å²) in [5, 5.41) is 12.5. The van der Waals surface area contributed by atoms with Gasteiger partial charge in [0.2, 0.25) is 5.89 Å². The van der Waals surface area contributed by atoms with Crippen molar-refractivity contribution in [3.8, 4) is 28.7 Å². The van der Waals surface area contributed by atoms with E-state index < -0.39 is 0 Å². The molecule has 1 aliphatic carbocycles. The van der Waals surface area contributed by atoms with Crippen molar-refractivity contribution in [1.82, 2.24) is 10.3 Å². The van der Waals surface area contributed by atoms with Crippen molar-refractivity contribution in [2.45, 2.75) is 51.4 Å². The summed E-state index contributed by atoms with van der Waals surface area (Å²) in [7, 11) is 0. The lowest BCUT2D eigenvalue weighted by Crippen LogP contribution is -2.31. The molecule has 6 rings (SSSR count). The molecule has 210 valence electrons. The fraction of sp³-hybridized carbons (Fsp3) is 0.270. The minimum atomic E-state index is -0.0569. The van der Waals surface area contributed by atoms with Crippen LogP contribution in [0.3, 0.4) is 0 Å². The number of benzene rings is 4. The van der Waals surface area contributed by atoms with Crippen molar-refractivity contribution in [1.29, 1.82) is 5.26 Å². The highest BCUT2D eigenvalue weighted by Crippen LogP contribution is 2.36. The van der Waals surface area contributed by atoms with Crippen molar-refractivity contribution < 1.29 is 9.21 Å². The molecule has 0 atom stereocenters. The van der Waals surface area contributed by atoms with Crippen LogP contribution >= 0.6 is 0 Å². The number of nitrogens with zero attached hydrogens (tertiary/aromatic N) is 2. The van der Waals surface area contributed by atoms with E-state index in [0.717, 1.165) is 36.8 Å². The first-order valence-electron chi connectivity index (χ1n) is 14.9. The van der Waals surface area contributed by atoms with Crippen LogP contribution in [0.4, 0.5) is 0 Å². The van der Waals surface area contributed by atoms with Gasteiger partial charge < -0.3 is 9.73 Å². The van der Waals surface area contributed by atoms with Gasteiger partial charge in [0.05, 0.1) is 11.6 Å². The van der Waals surface area contributed by atoms with Crippen LogP contribution in [0, 0.1) is 17.2 Å². The zero-order valence-corrected chi connectivity index (χ0v) is 24.1. The average Bonchev–Trinajstić information content (AvgIpc) is 3.48. The first-order valence-corrected chi connectivity index (χ1v) is 14.9. The molecule has 1 saturated carbocycles. The van der Waals surface area contributed by atoms with E-state index in [2.05, 4.69) is 78.7 Å². The van der Waals surface area contributed by atoms with Crippen LogP contribution in [-0.4, -0.2) is 17.4 Å². The minimum Gasteiger partial charge on any atom is -0.436 e. The van der Waals surface area contributed by atoms with E-state index >= 15 is 0 Å². The normalized spacial score (nSPS) is 16.8. The highest BCUT2D eigenvalue weighted by atomic mass is 16.3. The molecule has 1 aromatic heterocycles. The molecular formula is C37H35N3O2. The van der Waals surface area contributed by atoms with Gasteiger partial charge in [-0.2, -0.15) is 5.26 Å². The van der Waals surface area contributed by atoms with Gasteiger partial charge in [0, 0.05) is 23.2 Å². The van der Waals surface area contributed by atoms with Crippen molar-refractivity contribution in [3.05, 3.63) is 113 Å². The molecule has 0 saturated heterocycles. The molecule has 5 aromatic rings. The van der Waals surface area contributed by atoms with Gasteiger partial charge in [0.15, 0.2) is 5.58 Å². The lowest BCUT2D eigenvalue weighted by molar-refractivity contribution is 0.0943. The van der Waals surface area contributed by atoms with Gasteiger partial charge in [0.1, 0.15) is 5.52 Å². The zero-order valence-electron chi connectivity index (χ0n) is 24.1. The Bertz CT molecular complexity index is 1720. The maximum atomic E-state index is 12.9. The van der Waals surface area contributed by atoms with Crippen LogP contribution < -0.4 is 5.32 Å². The first-order chi connectivity index (χ1) is 20.5. The summed E-state index contributed by atoms with van der Waals surface area (Å²) >= 11 is 0. The Labute approximate surface area is 247 Å². The predicted molar refractivity (Wildman–Crippen MR) is 167 cm³/mol. The largest absolute Gasteiger partial charge is 0.436 e. The van der Waals surface area contributed by atoms with Gasteiger partial charge in [-0.3, -0.25) is 4.79 Å². The maximum Gasteiger partial charge on any atom is 0.251 e. The molecule has 1 heterocycles. The smallest absolute Gasteiger partial charge is 0.251 e. The number of rotatable bonds is 7. The molecule has 0 unspecified atom stereocenters. The molecule has 1 amide bonds. The number of nitriles is 1. The second kappa shape index (κ2) is 12.0. The fourth-order valence-electron chi connectivity index (χ4n) is 6.06. The van der Waals surface area contributed by atoms with Crippen LogP contribution in [0.2, 0.25) is 0 Å². The zero-order chi connectivity index (χ0) is 29.1. The van der Waals surface area contributed by atoms with Gasteiger partial charge in [-0.15, -0.1) is 0 Å². The SMILES string of the molecule is CC(C)c1cc(C#N)cc2nc(-c3ccc(C(=O)NCC4CCC(c5ccc(-c6ccccc6)cc5)CC4)cc3)oc12. The standard InChI is InChI=1S/C37H35N3O2/c1-24(2)33-20-26(22-38)21-34-35(33)42-37(40-34)32-18-16-31(17-19-32)36(41)39-23-25-8-10-28(11-9-25)30-14-12-29(13-15-30)27-6-4-3-5-7-27/h3-7,12-21,24-25,28H,8-11,23H2,1-2H3,(H,39,41). The number of carbonyl (C=O) groups is 1. The van der Waals surface area contributed by atoms with E-state index in [-0.39, 0.29) is 11.8 Å². The van der Waals surface area contributed by atoms with Crippen LogP contribution in [0.1, 0.15) is 78.4 Å². The Morgan fingerprint density at radius 3 is 2.24 bits per heavy atom. The van der Waals surface area contributed by atoms with Crippen molar-refractivity contribution in [2.75, 3.05) is 6.54 Å². The maximum absolute atomic E-state index is 12.9. The number of aromatic nitrogens is 1. The number of hydrogen-bond acceptors (Lipinski definition) is 4. The van der Waals surface area contributed by atoms with Crippen LogP contribution in [-0.2, 0) is 0 Å². The molecule has 4 aromatic carbocycles. The molecule has 0 bridgehead atoms. The van der Waals surface area contributed by atoms with E-state index in [1.807, 2.05) is 36.4 Å². The predicted octanol–water partition coefficient (Wildman–Crippen LogP) is 8.86. The minimum absolute atomic E-state index is 0.0569. The second-order valence-electron chi connectivity index (χ2n) is 11.7. The van der Waals surface area contributed by atoms with E-state index in [9.17, 15) is 10.1 Å². The number of hydrogen-bond donors (Lipinski definition) is 1. The third-order valence-electron chi connectivity index (χ3n) is 8.55. The number of oxazole rings is 1. The number of nitrogens with one attached hydrogen (secondary N) is 1. The average molecular weight is 554 g/mol. The van der Waals surface area contributed by atoms with E-state index in [0.29, 0.717) is 46.5 Å². The first kappa shape index (κ1) is 27.5. The summed E-state index contributed by atoms with van der Waals surface area (Å²) in [5.41, 5.74) is 8.27. The molecular weight excluding hydrogens is 518 g/mol. The molecule has 5 nitrogen and oxygen atoms in total. The summed E-state index contributed by atoms with van der Waals surface area (Å²) in [6, 6.07) is 32.7. The molecule has 5 heteroatoms. The number of carbonyl (C=O) groups excluding carboxylic acids is 1. The fourth-order valence-corrected chi connectivity index (χ4v) is 6.06. The topological polar surface area (TPSA) is 78.9 Å².